The summed E-state index contributed by atoms with van der Waals surface area (Å²) in [4.78, 5) is 26.8. The van der Waals surface area contributed by atoms with Crippen LogP contribution in [0, 0.1) is 0 Å². The maximum atomic E-state index is 11.7. The van der Waals surface area contributed by atoms with Crippen LogP contribution in [-0.2, 0) is 0 Å². The highest BCUT2D eigenvalue weighted by atomic mass is 32.1. The minimum absolute atomic E-state index is 0.0405. The quantitative estimate of drug-likeness (QED) is 0.941. The molecule has 0 aliphatic heterocycles. The third-order valence-corrected chi connectivity index (χ3v) is 4.62. The highest BCUT2D eigenvalue weighted by Crippen LogP contribution is 2.33. The fourth-order valence-corrected chi connectivity index (χ4v) is 3.35. The minimum atomic E-state index is -0.924. The zero-order valence-corrected chi connectivity index (χ0v) is 11.5. The monoisotopic (exact) mass is 281 g/mol. The summed E-state index contributed by atoms with van der Waals surface area (Å²) in [6.45, 7) is 0. The van der Waals surface area contributed by atoms with Gasteiger partial charge in [-0.1, -0.05) is 0 Å². The first-order valence-electron chi connectivity index (χ1n) is 5.14. The van der Waals surface area contributed by atoms with Crippen molar-refractivity contribution in [2.45, 2.75) is 0 Å². The van der Waals surface area contributed by atoms with Crippen molar-refractivity contribution in [1.82, 2.24) is 4.90 Å². The number of carbonyl (C=O) groups is 2. The SMILES string of the molecule is CN(C)C(=O)c1ccc(-c2ccc(C(=O)O)s2)s1. The Morgan fingerprint density at radius 2 is 1.50 bits per heavy atom. The van der Waals surface area contributed by atoms with E-state index in [-0.39, 0.29) is 5.91 Å². The topological polar surface area (TPSA) is 57.6 Å². The van der Waals surface area contributed by atoms with Crippen molar-refractivity contribution in [2.24, 2.45) is 0 Å². The summed E-state index contributed by atoms with van der Waals surface area (Å²) in [5, 5.41) is 8.86. The predicted octanol–water partition coefficient (Wildman–Crippen LogP) is 2.88. The minimum Gasteiger partial charge on any atom is -0.477 e. The van der Waals surface area contributed by atoms with Gasteiger partial charge in [0.2, 0.25) is 0 Å². The Hall–Kier alpha value is -1.66. The van der Waals surface area contributed by atoms with Crippen LogP contribution in [0.15, 0.2) is 24.3 Å². The predicted molar refractivity (Wildman–Crippen MR) is 72.6 cm³/mol. The molecule has 1 N–H and O–H groups in total. The van der Waals surface area contributed by atoms with Gasteiger partial charge in [0.25, 0.3) is 5.91 Å². The summed E-state index contributed by atoms with van der Waals surface area (Å²) in [6, 6.07) is 6.96. The van der Waals surface area contributed by atoms with Gasteiger partial charge in [-0.25, -0.2) is 4.79 Å². The zero-order valence-electron chi connectivity index (χ0n) is 9.84. The number of nitrogens with zero attached hydrogens (tertiary/aromatic N) is 1. The van der Waals surface area contributed by atoms with Crippen LogP contribution in [0.25, 0.3) is 9.75 Å². The molecule has 0 saturated heterocycles. The second kappa shape index (κ2) is 4.91. The average Bonchev–Trinajstić information content (AvgIpc) is 2.96. The van der Waals surface area contributed by atoms with Crippen molar-refractivity contribution in [2.75, 3.05) is 14.1 Å². The van der Waals surface area contributed by atoms with E-state index in [0.717, 1.165) is 9.75 Å². The van der Waals surface area contributed by atoms with E-state index in [0.29, 0.717) is 9.75 Å². The van der Waals surface area contributed by atoms with Gasteiger partial charge >= 0.3 is 5.97 Å². The van der Waals surface area contributed by atoms with E-state index in [1.54, 1.807) is 32.3 Å². The van der Waals surface area contributed by atoms with E-state index in [1.807, 2.05) is 6.07 Å². The highest BCUT2D eigenvalue weighted by Gasteiger charge is 2.14. The third kappa shape index (κ3) is 2.44. The Morgan fingerprint density at radius 3 is 1.94 bits per heavy atom. The molecule has 0 aliphatic carbocycles. The molecule has 2 aromatic rings. The molecular formula is C12H11NO3S2. The maximum absolute atomic E-state index is 11.7. The van der Waals surface area contributed by atoms with Crippen molar-refractivity contribution < 1.29 is 14.7 Å². The smallest absolute Gasteiger partial charge is 0.345 e. The second-order valence-electron chi connectivity index (χ2n) is 3.83. The number of aromatic carboxylic acids is 1. The van der Waals surface area contributed by atoms with Gasteiger partial charge in [0.05, 0.1) is 4.88 Å². The van der Waals surface area contributed by atoms with Gasteiger partial charge in [0, 0.05) is 23.8 Å². The molecule has 4 nitrogen and oxygen atoms in total. The molecule has 2 heterocycles. The first-order valence-corrected chi connectivity index (χ1v) is 6.77. The molecule has 0 aromatic carbocycles. The van der Waals surface area contributed by atoms with E-state index in [9.17, 15) is 9.59 Å². The van der Waals surface area contributed by atoms with Crippen LogP contribution in [0.3, 0.4) is 0 Å². The lowest BCUT2D eigenvalue weighted by Gasteiger charge is -2.06. The summed E-state index contributed by atoms with van der Waals surface area (Å²) < 4.78 is 0. The lowest BCUT2D eigenvalue weighted by Crippen LogP contribution is -2.20. The molecule has 0 unspecified atom stereocenters. The highest BCUT2D eigenvalue weighted by molar-refractivity contribution is 7.23. The Labute approximate surface area is 112 Å². The second-order valence-corrected chi connectivity index (χ2v) is 6.00. The van der Waals surface area contributed by atoms with Gasteiger partial charge in [0.1, 0.15) is 4.88 Å². The third-order valence-electron chi connectivity index (χ3n) is 2.28. The van der Waals surface area contributed by atoms with E-state index >= 15 is 0 Å². The van der Waals surface area contributed by atoms with Crippen LogP contribution in [0.4, 0.5) is 0 Å². The molecule has 2 rings (SSSR count). The normalized spacial score (nSPS) is 10.3. The Balaban J connectivity index is 2.29. The Kier molecular flexibility index (Phi) is 3.49. The number of hydrogen-bond acceptors (Lipinski definition) is 4. The molecule has 6 heteroatoms. The molecule has 0 saturated carbocycles. The fraction of sp³-hybridized carbons (Fsp3) is 0.167. The lowest BCUT2D eigenvalue weighted by atomic mass is 10.3. The van der Waals surface area contributed by atoms with Crippen molar-refractivity contribution in [1.29, 1.82) is 0 Å². The van der Waals surface area contributed by atoms with E-state index in [1.165, 1.54) is 27.6 Å². The first-order chi connectivity index (χ1) is 8.49. The van der Waals surface area contributed by atoms with Crippen LogP contribution in [0.1, 0.15) is 19.3 Å². The van der Waals surface area contributed by atoms with Crippen LogP contribution in [-0.4, -0.2) is 36.0 Å². The summed E-state index contributed by atoms with van der Waals surface area (Å²) >= 11 is 2.59. The molecule has 0 aliphatic rings. The average molecular weight is 281 g/mol. The van der Waals surface area contributed by atoms with Gasteiger partial charge in [-0.05, 0) is 24.3 Å². The Bertz CT molecular complexity index is 598. The number of hydrogen-bond donors (Lipinski definition) is 1. The van der Waals surface area contributed by atoms with E-state index in [4.69, 9.17) is 5.11 Å². The molecule has 0 radical (unpaired) electrons. The van der Waals surface area contributed by atoms with Crippen LogP contribution >= 0.6 is 22.7 Å². The van der Waals surface area contributed by atoms with Gasteiger partial charge in [-0.2, -0.15) is 0 Å². The number of carboxylic acids is 1. The number of rotatable bonds is 3. The van der Waals surface area contributed by atoms with Crippen molar-refractivity contribution in [3.05, 3.63) is 34.0 Å². The summed E-state index contributed by atoms with van der Waals surface area (Å²) in [6.07, 6.45) is 0. The van der Waals surface area contributed by atoms with Crippen molar-refractivity contribution >= 4 is 34.6 Å². The van der Waals surface area contributed by atoms with Gasteiger partial charge in [0.15, 0.2) is 0 Å². The molecule has 18 heavy (non-hydrogen) atoms. The summed E-state index contributed by atoms with van der Waals surface area (Å²) in [7, 11) is 3.41. The zero-order chi connectivity index (χ0) is 13.3. The lowest BCUT2D eigenvalue weighted by molar-refractivity contribution is 0.0701. The molecule has 0 bridgehead atoms. The molecule has 1 amide bonds. The molecule has 2 aromatic heterocycles. The standard InChI is InChI=1S/C12H11NO3S2/c1-13(2)11(14)9-5-3-7(17-9)8-4-6-10(18-8)12(15)16/h3-6H,1-2H3,(H,15,16). The van der Waals surface area contributed by atoms with Crippen LogP contribution in [0.5, 0.6) is 0 Å². The number of carboxylic acid groups (broad SMARTS) is 1. The van der Waals surface area contributed by atoms with Crippen LogP contribution < -0.4 is 0 Å². The summed E-state index contributed by atoms with van der Waals surface area (Å²) in [5.74, 6) is -0.964. The van der Waals surface area contributed by atoms with Crippen molar-refractivity contribution in [3.8, 4) is 9.75 Å². The molecule has 0 fully saturated rings. The number of carbonyl (C=O) groups excluding carboxylic acids is 1. The number of thiophene rings is 2. The molecular weight excluding hydrogens is 270 g/mol. The molecule has 0 atom stereocenters. The summed E-state index contributed by atoms with van der Waals surface area (Å²) in [5.41, 5.74) is 0. The largest absolute Gasteiger partial charge is 0.477 e. The van der Waals surface area contributed by atoms with Gasteiger partial charge in [-0.15, -0.1) is 22.7 Å². The molecule has 0 spiro atoms. The maximum Gasteiger partial charge on any atom is 0.345 e. The van der Waals surface area contributed by atoms with Crippen molar-refractivity contribution in [3.63, 3.8) is 0 Å². The Morgan fingerprint density at radius 1 is 1.00 bits per heavy atom. The van der Waals surface area contributed by atoms with Gasteiger partial charge in [-0.3, -0.25) is 4.79 Å². The fourth-order valence-electron chi connectivity index (χ4n) is 1.39. The molecule has 94 valence electrons. The first kappa shape index (κ1) is 12.8. The van der Waals surface area contributed by atoms with Crippen LogP contribution in [0.2, 0.25) is 0 Å². The number of amides is 1. The van der Waals surface area contributed by atoms with E-state index in [2.05, 4.69) is 0 Å². The van der Waals surface area contributed by atoms with E-state index < -0.39 is 5.97 Å². The van der Waals surface area contributed by atoms with Gasteiger partial charge < -0.3 is 10.0 Å².